The number of nitrogens with zero attached hydrogens (tertiary/aromatic N) is 1. The maximum atomic E-state index is 13.1. The van der Waals surface area contributed by atoms with Crippen LogP contribution in [0.1, 0.15) is 23.6 Å². The Morgan fingerprint density at radius 3 is 1.77 bits per heavy atom. The molecule has 8 heteroatoms. The van der Waals surface area contributed by atoms with Crippen molar-refractivity contribution in [2.75, 3.05) is 13.2 Å². The Labute approximate surface area is 215 Å². The second kappa shape index (κ2) is 13.1. The normalized spacial score (nSPS) is 11.6. The van der Waals surface area contributed by atoms with E-state index in [0.717, 1.165) is 16.7 Å². The van der Waals surface area contributed by atoms with Gasteiger partial charge in [-0.3, -0.25) is 4.79 Å². The van der Waals surface area contributed by atoms with Crippen LogP contribution in [0.15, 0.2) is 72.8 Å². The van der Waals surface area contributed by atoms with Crippen molar-refractivity contribution in [3.05, 3.63) is 99.5 Å². The molecule has 35 heavy (non-hydrogen) atoms. The van der Waals surface area contributed by atoms with E-state index in [2.05, 4.69) is 0 Å². The van der Waals surface area contributed by atoms with Crippen LogP contribution in [0.5, 0.6) is 5.75 Å². The predicted octanol–water partition coefficient (Wildman–Crippen LogP) is 5.63. The predicted molar refractivity (Wildman–Crippen MR) is 136 cm³/mol. The molecule has 0 saturated carbocycles. The summed E-state index contributed by atoms with van der Waals surface area (Å²) in [6, 6.07) is 21.7. The number of halogens is 2. The number of benzene rings is 3. The second-order valence-electron chi connectivity index (χ2n) is 7.92. The van der Waals surface area contributed by atoms with Gasteiger partial charge in [-0.25, -0.2) is 4.79 Å². The summed E-state index contributed by atoms with van der Waals surface area (Å²) >= 11 is 12.0. The summed E-state index contributed by atoms with van der Waals surface area (Å²) in [7, 11) is 0. The minimum atomic E-state index is -1.00. The highest BCUT2D eigenvalue weighted by Gasteiger charge is 2.18. The Balaban J connectivity index is 1.64. The monoisotopic (exact) mass is 515 g/mol. The lowest BCUT2D eigenvalue weighted by atomic mass is 10.1. The number of carbonyl (C=O) groups excluding carboxylic acids is 1. The molecule has 0 spiro atoms. The third-order valence-corrected chi connectivity index (χ3v) is 5.78. The fraction of sp³-hybridized carbons (Fsp3) is 0.259. The van der Waals surface area contributed by atoms with Crippen LogP contribution in [-0.4, -0.2) is 41.2 Å². The molecule has 6 nitrogen and oxygen atoms in total. The first-order chi connectivity index (χ1) is 16.8. The van der Waals surface area contributed by atoms with Crippen molar-refractivity contribution in [1.82, 2.24) is 4.90 Å². The molecule has 3 aromatic rings. The van der Waals surface area contributed by atoms with E-state index in [4.69, 9.17) is 32.7 Å². The third-order valence-electron chi connectivity index (χ3n) is 5.28. The highest BCUT2D eigenvalue weighted by Crippen LogP contribution is 2.18. The fourth-order valence-corrected chi connectivity index (χ4v) is 3.70. The number of amides is 1. The summed E-state index contributed by atoms with van der Waals surface area (Å²) in [5.74, 6) is -0.663. The van der Waals surface area contributed by atoms with Gasteiger partial charge in [0, 0.05) is 36.2 Å². The molecule has 0 radical (unpaired) electrons. The number of rotatable bonds is 12. The van der Waals surface area contributed by atoms with Crippen LogP contribution in [0.2, 0.25) is 10.0 Å². The summed E-state index contributed by atoms with van der Waals surface area (Å²) in [6.45, 7) is 2.73. The fourth-order valence-electron chi connectivity index (χ4n) is 3.44. The molecule has 0 aliphatic carbocycles. The van der Waals surface area contributed by atoms with Gasteiger partial charge in [0.05, 0.1) is 0 Å². The zero-order chi connectivity index (χ0) is 25.2. The van der Waals surface area contributed by atoms with Crippen molar-refractivity contribution in [3.63, 3.8) is 0 Å². The molecule has 0 aliphatic rings. The average Bonchev–Trinajstić information content (AvgIpc) is 2.85. The molecule has 1 atom stereocenters. The minimum absolute atomic E-state index is 0.142. The molecule has 0 saturated heterocycles. The smallest absolute Gasteiger partial charge is 0.333 e. The van der Waals surface area contributed by atoms with Gasteiger partial charge in [0.1, 0.15) is 5.75 Å². The molecule has 0 bridgehead atoms. The minimum Gasteiger partial charge on any atom is -0.484 e. The van der Waals surface area contributed by atoms with Crippen LogP contribution >= 0.6 is 23.2 Å². The molecular formula is C27H27Cl2NO5. The van der Waals surface area contributed by atoms with E-state index < -0.39 is 12.1 Å². The number of aliphatic carboxylic acids is 1. The number of carboxylic acids is 1. The topological polar surface area (TPSA) is 76.1 Å². The Hall–Kier alpha value is -3.06. The molecule has 3 rings (SSSR count). The highest BCUT2D eigenvalue weighted by atomic mass is 35.5. The molecule has 1 N–H and O–H groups in total. The van der Waals surface area contributed by atoms with Gasteiger partial charge >= 0.3 is 5.97 Å². The highest BCUT2D eigenvalue weighted by molar-refractivity contribution is 6.30. The van der Waals surface area contributed by atoms with E-state index in [1.54, 1.807) is 60.4 Å². The van der Waals surface area contributed by atoms with E-state index in [1.807, 2.05) is 24.3 Å². The van der Waals surface area contributed by atoms with Crippen LogP contribution in [0, 0.1) is 0 Å². The van der Waals surface area contributed by atoms with Crippen molar-refractivity contribution in [2.45, 2.75) is 32.5 Å². The number of carboxylic acid groups (broad SMARTS) is 1. The molecule has 1 amide bonds. The Kier molecular flexibility index (Phi) is 9.97. The largest absolute Gasteiger partial charge is 0.484 e. The van der Waals surface area contributed by atoms with Crippen molar-refractivity contribution < 1.29 is 24.2 Å². The number of carbonyl (C=O) groups is 2. The lowest BCUT2D eigenvalue weighted by Gasteiger charge is -2.23. The van der Waals surface area contributed by atoms with Crippen LogP contribution < -0.4 is 4.74 Å². The quantitative estimate of drug-likeness (QED) is 0.338. The third kappa shape index (κ3) is 8.58. The first-order valence-electron chi connectivity index (χ1n) is 11.2. The summed E-state index contributed by atoms with van der Waals surface area (Å²) in [5.41, 5.74) is 2.70. The molecule has 184 valence electrons. The van der Waals surface area contributed by atoms with E-state index in [0.29, 0.717) is 35.5 Å². The zero-order valence-corrected chi connectivity index (χ0v) is 20.8. The van der Waals surface area contributed by atoms with Crippen molar-refractivity contribution >= 4 is 35.1 Å². The average molecular weight is 516 g/mol. The van der Waals surface area contributed by atoms with Gasteiger partial charge in [0.2, 0.25) is 0 Å². The molecule has 0 heterocycles. The SMILES string of the molecule is CCO[C@@H](Cc1ccc(OCC(=O)N(Cc2ccc(Cl)cc2)Cc2ccc(Cl)cc2)cc1)C(=O)O. The maximum Gasteiger partial charge on any atom is 0.333 e. The van der Waals surface area contributed by atoms with E-state index in [-0.39, 0.29) is 18.9 Å². The van der Waals surface area contributed by atoms with Gasteiger partial charge < -0.3 is 19.5 Å². The van der Waals surface area contributed by atoms with Gasteiger partial charge in [0.25, 0.3) is 5.91 Å². The zero-order valence-electron chi connectivity index (χ0n) is 19.3. The van der Waals surface area contributed by atoms with Gasteiger partial charge in [-0.1, -0.05) is 59.6 Å². The van der Waals surface area contributed by atoms with Crippen molar-refractivity contribution in [3.8, 4) is 5.75 Å². The summed E-state index contributed by atoms with van der Waals surface area (Å²) in [4.78, 5) is 26.1. The first-order valence-corrected chi connectivity index (χ1v) is 11.9. The van der Waals surface area contributed by atoms with Gasteiger partial charge in [0.15, 0.2) is 12.7 Å². The van der Waals surface area contributed by atoms with Gasteiger partial charge in [-0.2, -0.15) is 0 Å². The number of hydrogen-bond donors (Lipinski definition) is 1. The second-order valence-corrected chi connectivity index (χ2v) is 8.79. The van der Waals surface area contributed by atoms with E-state index in [9.17, 15) is 14.7 Å². The number of ether oxygens (including phenoxy) is 2. The van der Waals surface area contributed by atoms with Crippen LogP contribution in [0.3, 0.4) is 0 Å². The van der Waals surface area contributed by atoms with E-state index in [1.165, 1.54) is 0 Å². The molecule has 0 aliphatic heterocycles. The Morgan fingerprint density at radius 1 is 0.829 bits per heavy atom. The van der Waals surface area contributed by atoms with Gasteiger partial charge in [-0.05, 0) is 60.0 Å². The Bertz CT molecular complexity index is 1050. The van der Waals surface area contributed by atoms with Gasteiger partial charge in [-0.15, -0.1) is 0 Å². The lowest BCUT2D eigenvalue weighted by Crippen LogP contribution is -2.34. The lowest BCUT2D eigenvalue weighted by molar-refractivity contribution is -0.150. The molecular weight excluding hydrogens is 489 g/mol. The van der Waals surface area contributed by atoms with Crippen molar-refractivity contribution in [1.29, 1.82) is 0 Å². The van der Waals surface area contributed by atoms with Crippen LogP contribution in [0.4, 0.5) is 0 Å². The molecule has 0 fully saturated rings. The van der Waals surface area contributed by atoms with E-state index >= 15 is 0 Å². The summed E-state index contributed by atoms with van der Waals surface area (Å²) in [5, 5.41) is 10.5. The number of hydrogen-bond acceptors (Lipinski definition) is 4. The summed E-state index contributed by atoms with van der Waals surface area (Å²) < 4.78 is 11.0. The molecule has 0 aromatic heterocycles. The molecule has 3 aromatic carbocycles. The van der Waals surface area contributed by atoms with Crippen LogP contribution in [-0.2, 0) is 33.8 Å². The summed E-state index contributed by atoms with van der Waals surface area (Å²) in [6.07, 6.45) is -0.652. The standard InChI is InChI=1S/C27H27Cl2NO5/c1-2-34-25(27(32)33)15-19-7-13-24(14-8-19)35-18-26(31)30(16-20-3-9-22(28)10-4-20)17-21-5-11-23(29)12-6-21/h3-14,25H,2,15-18H2,1H3,(H,32,33)/t25-/m0/s1. The maximum absolute atomic E-state index is 13.1. The molecule has 0 unspecified atom stereocenters. The Morgan fingerprint density at radius 2 is 1.31 bits per heavy atom. The van der Waals surface area contributed by atoms with Crippen LogP contribution in [0.25, 0.3) is 0 Å². The first kappa shape index (κ1) is 26.5. The van der Waals surface area contributed by atoms with Crippen molar-refractivity contribution in [2.24, 2.45) is 0 Å².